The summed E-state index contributed by atoms with van der Waals surface area (Å²) in [7, 11) is 1.61. The zero-order chi connectivity index (χ0) is 13.0. The lowest BCUT2D eigenvalue weighted by molar-refractivity contribution is -0.133. The van der Waals surface area contributed by atoms with Gasteiger partial charge in [-0.1, -0.05) is 24.6 Å². The van der Waals surface area contributed by atoms with E-state index in [1.165, 1.54) is 17.0 Å². The van der Waals surface area contributed by atoms with Crippen LogP contribution in [0.2, 0.25) is 5.02 Å². The minimum Gasteiger partial charge on any atom is -0.341 e. The van der Waals surface area contributed by atoms with Crippen LogP contribution in [0.5, 0.6) is 0 Å². The smallest absolute Gasteiger partial charge is 0.226 e. The number of halogens is 3. The summed E-state index contributed by atoms with van der Waals surface area (Å²) in [4.78, 5) is 13.2. The van der Waals surface area contributed by atoms with E-state index in [9.17, 15) is 9.18 Å². The molecule has 0 radical (unpaired) electrons. The van der Waals surface area contributed by atoms with Crippen molar-refractivity contribution in [2.24, 2.45) is 5.92 Å². The summed E-state index contributed by atoms with van der Waals surface area (Å²) in [6, 6.07) is 4.46. The highest BCUT2D eigenvalue weighted by Gasteiger charge is 2.18. The standard InChI is InChI=1S/C12H14Cl2FNO/c1-8(6-13)12(17)16(2)7-9-10(14)4-3-5-11(9)15/h3-5,8H,6-7H2,1-2H3. The third kappa shape index (κ3) is 3.58. The van der Waals surface area contributed by atoms with Crippen molar-refractivity contribution in [3.05, 3.63) is 34.6 Å². The van der Waals surface area contributed by atoms with Gasteiger partial charge in [-0.05, 0) is 12.1 Å². The molecule has 2 nitrogen and oxygen atoms in total. The van der Waals surface area contributed by atoms with Crippen molar-refractivity contribution in [3.63, 3.8) is 0 Å². The molecule has 1 aromatic rings. The van der Waals surface area contributed by atoms with Crippen LogP contribution in [0.25, 0.3) is 0 Å². The van der Waals surface area contributed by atoms with Crippen LogP contribution in [0.1, 0.15) is 12.5 Å². The van der Waals surface area contributed by atoms with E-state index in [4.69, 9.17) is 23.2 Å². The van der Waals surface area contributed by atoms with Crippen LogP contribution in [0.15, 0.2) is 18.2 Å². The number of carbonyl (C=O) groups excluding carboxylic acids is 1. The normalized spacial score (nSPS) is 12.3. The summed E-state index contributed by atoms with van der Waals surface area (Å²) < 4.78 is 13.5. The van der Waals surface area contributed by atoms with Gasteiger partial charge >= 0.3 is 0 Å². The minimum atomic E-state index is -0.407. The van der Waals surface area contributed by atoms with Gasteiger partial charge in [-0.25, -0.2) is 4.39 Å². The molecule has 0 aromatic heterocycles. The minimum absolute atomic E-state index is 0.126. The van der Waals surface area contributed by atoms with Crippen molar-refractivity contribution < 1.29 is 9.18 Å². The van der Waals surface area contributed by atoms with Crippen LogP contribution in [0, 0.1) is 11.7 Å². The number of hydrogen-bond donors (Lipinski definition) is 0. The number of nitrogens with zero attached hydrogens (tertiary/aromatic N) is 1. The summed E-state index contributed by atoms with van der Waals surface area (Å²) in [5, 5.41) is 0.322. The van der Waals surface area contributed by atoms with E-state index >= 15 is 0 Å². The molecule has 0 bridgehead atoms. The second kappa shape index (κ2) is 6.22. The Labute approximate surface area is 110 Å². The molecule has 5 heteroatoms. The Morgan fingerprint density at radius 3 is 2.71 bits per heavy atom. The van der Waals surface area contributed by atoms with Crippen molar-refractivity contribution in [1.29, 1.82) is 0 Å². The van der Waals surface area contributed by atoms with Crippen LogP contribution in [0.3, 0.4) is 0 Å². The molecular formula is C12H14Cl2FNO. The monoisotopic (exact) mass is 277 g/mol. The lowest BCUT2D eigenvalue weighted by Crippen LogP contribution is -2.32. The van der Waals surface area contributed by atoms with Crippen molar-refractivity contribution in [2.75, 3.05) is 12.9 Å². The SMILES string of the molecule is CC(CCl)C(=O)N(C)Cc1c(F)cccc1Cl. The first kappa shape index (κ1) is 14.3. The van der Waals surface area contributed by atoms with Crippen molar-refractivity contribution in [3.8, 4) is 0 Å². The molecule has 0 aliphatic heterocycles. The number of rotatable bonds is 4. The van der Waals surface area contributed by atoms with Gasteiger partial charge in [0.2, 0.25) is 5.91 Å². The zero-order valence-electron chi connectivity index (χ0n) is 9.71. The Bertz CT molecular complexity index is 391. The molecule has 1 unspecified atom stereocenters. The van der Waals surface area contributed by atoms with E-state index in [2.05, 4.69) is 0 Å². The highest BCUT2D eigenvalue weighted by Crippen LogP contribution is 2.21. The first-order chi connectivity index (χ1) is 7.97. The quantitative estimate of drug-likeness (QED) is 0.774. The van der Waals surface area contributed by atoms with Crippen LogP contribution in [-0.2, 0) is 11.3 Å². The molecule has 0 N–H and O–H groups in total. The second-order valence-corrected chi connectivity index (χ2v) is 4.67. The Kier molecular flexibility index (Phi) is 5.22. The van der Waals surface area contributed by atoms with Crippen LogP contribution >= 0.6 is 23.2 Å². The fourth-order valence-corrected chi connectivity index (χ4v) is 1.80. The van der Waals surface area contributed by atoms with Gasteiger partial charge in [0.25, 0.3) is 0 Å². The number of carbonyl (C=O) groups is 1. The average molecular weight is 278 g/mol. The topological polar surface area (TPSA) is 20.3 Å². The number of benzene rings is 1. The van der Waals surface area contributed by atoms with Crippen molar-refractivity contribution >= 4 is 29.1 Å². The first-order valence-electron chi connectivity index (χ1n) is 5.21. The van der Waals surface area contributed by atoms with E-state index in [0.29, 0.717) is 10.6 Å². The largest absolute Gasteiger partial charge is 0.341 e. The van der Waals surface area contributed by atoms with E-state index in [1.807, 2.05) is 0 Å². The van der Waals surface area contributed by atoms with Crippen molar-refractivity contribution in [1.82, 2.24) is 4.90 Å². The van der Waals surface area contributed by atoms with Crippen LogP contribution < -0.4 is 0 Å². The first-order valence-corrected chi connectivity index (χ1v) is 6.12. The molecule has 0 aliphatic carbocycles. The highest BCUT2D eigenvalue weighted by molar-refractivity contribution is 6.31. The maximum absolute atomic E-state index is 13.5. The summed E-state index contributed by atoms with van der Waals surface area (Å²) >= 11 is 11.5. The predicted molar refractivity (Wildman–Crippen MR) is 67.8 cm³/mol. The number of alkyl halides is 1. The number of amides is 1. The fraction of sp³-hybridized carbons (Fsp3) is 0.417. The van der Waals surface area contributed by atoms with Gasteiger partial charge in [-0.2, -0.15) is 0 Å². The molecule has 1 amide bonds. The van der Waals surface area contributed by atoms with E-state index in [1.54, 1.807) is 20.0 Å². The molecular weight excluding hydrogens is 264 g/mol. The average Bonchev–Trinajstić information content (AvgIpc) is 2.31. The fourth-order valence-electron chi connectivity index (χ4n) is 1.44. The molecule has 17 heavy (non-hydrogen) atoms. The lowest BCUT2D eigenvalue weighted by Gasteiger charge is -2.21. The van der Waals surface area contributed by atoms with Gasteiger partial charge in [-0.15, -0.1) is 11.6 Å². The third-order valence-electron chi connectivity index (χ3n) is 2.49. The Morgan fingerprint density at radius 2 is 2.18 bits per heavy atom. The zero-order valence-corrected chi connectivity index (χ0v) is 11.2. The maximum Gasteiger partial charge on any atom is 0.226 e. The predicted octanol–water partition coefficient (Wildman–Crippen LogP) is 3.31. The van der Waals surface area contributed by atoms with E-state index < -0.39 is 5.82 Å². The van der Waals surface area contributed by atoms with Crippen molar-refractivity contribution in [2.45, 2.75) is 13.5 Å². The maximum atomic E-state index is 13.5. The van der Waals surface area contributed by atoms with Gasteiger partial charge in [0.15, 0.2) is 0 Å². The molecule has 1 aromatic carbocycles. The molecule has 1 rings (SSSR count). The van der Waals surface area contributed by atoms with Gasteiger partial charge in [0, 0.05) is 36.0 Å². The molecule has 0 spiro atoms. The highest BCUT2D eigenvalue weighted by atomic mass is 35.5. The molecule has 0 saturated carbocycles. The molecule has 1 atom stereocenters. The third-order valence-corrected chi connectivity index (χ3v) is 3.30. The molecule has 0 saturated heterocycles. The molecule has 0 heterocycles. The Hall–Kier alpha value is -0.800. The van der Waals surface area contributed by atoms with Gasteiger partial charge < -0.3 is 4.90 Å². The molecule has 0 fully saturated rings. The summed E-state index contributed by atoms with van der Waals surface area (Å²) in [6.07, 6.45) is 0. The van der Waals surface area contributed by atoms with Gasteiger partial charge in [-0.3, -0.25) is 4.79 Å². The summed E-state index contributed by atoms with van der Waals surface area (Å²) in [5.74, 6) is -0.573. The lowest BCUT2D eigenvalue weighted by atomic mass is 10.1. The van der Waals surface area contributed by atoms with Gasteiger partial charge in [0.1, 0.15) is 5.82 Å². The van der Waals surface area contributed by atoms with Crippen LogP contribution in [0.4, 0.5) is 4.39 Å². The number of hydrogen-bond acceptors (Lipinski definition) is 1. The van der Waals surface area contributed by atoms with Crippen LogP contribution in [-0.4, -0.2) is 23.7 Å². The Morgan fingerprint density at radius 1 is 1.53 bits per heavy atom. The molecule has 0 aliphatic rings. The molecule has 94 valence electrons. The summed E-state index contributed by atoms with van der Waals surface area (Å²) in [5.41, 5.74) is 0.326. The van der Waals surface area contributed by atoms with Gasteiger partial charge in [0.05, 0.1) is 0 Å². The van der Waals surface area contributed by atoms with E-state index in [-0.39, 0.29) is 24.2 Å². The Balaban J connectivity index is 2.81. The van der Waals surface area contributed by atoms with E-state index in [0.717, 1.165) is 0 Å². The second-order valence-electron chi connectivity index (χ2n) is 3.95. The summed E-state index contributed by atoms with van der Waals surface area (Å²) in [6.45, 7) is 1.88.